The molecule has 1 atom stereocenters. The summed E-state index contributed by atoms with van der Waals surface area (Å²) in [6.07, 6.45) is -0.981. The van der Waals surface area contributed by atoms with E-state index in [1.807, 2.05) is 19.9 Å². The Morgan fingerprint density at radius 1 is 1.20 bits per heavy atom. The summed E-state index contributed by atoms with van der Waals surface area (Å²) in [7, 11) is 0. The van der Waals surface area contributed by atoms with Crippen LogP contribution in [0.5, 0.6) is 0 Å². The molecule has 0 saturated carbocycles. The van der Waals surface area contributed by atoms with Gasteiger partial charge in [-0.05, 0) is 32.4 Å². The van der Waals surface area contributed by atoms with E-state index in [-0.39, 0.29) is 11.8 Å². The summed E-state index contributed by atoms with van der Waals surface area (Å²) in [5, 5.41) is 9.29. The molecule has 1 saturated heterocycles. The number of aliphatic hydroxyl groups excluding tert-OH is 1. The standard InChI is InChI=1S/C14H21N3O3/c1-9-8-10(2)15-12(9)14(20)17-6-4-16(5-7-17)13(19)11(3)18/h8,11,15,18H,4-7H2,1-3H3. The van der Waals surface area contributed by atoms with E-state index in [9.17, 15) is 14.7 Å². The van der Waals surface area contributed by atoms with E-state index < -0.39 is 6.10 Å². The Hall–Kier alpha value is -1.82. The molecule has 6 nitrogen and oxygen atoms in total. The van der Waals surface area contributed by atoms with Crippen molar-refractivity contribution in [3.63, 3.8) is 0 Å². The topological polar surface area (TPSA) is 76.6 Å². The summed E-state index contributed by atoms with van der Waals surface area (Å²) >= 11 is 0. The van der Waals surface area contributed by atoms with Gasteiger partial charge in [-0.1, -0.05) is 0 Å². The molecule has 2 rings (SSSR count). The third kappa shape index (κ3) is 2.85. The number of aryl methyl sites for hydroxylation is 2. The number of carbonyl (C=O) groups is 2. The minimum atomic E-state index is -0.981. The molecule has 0 radical (unpaired) electrons. The normalized spacial score (nSPS) is 17.2. The van der Waals surface area contributed by atoms with E-state index in [0.717, 1.165) is 11.3 Å². The highest BCUT2D eigenvalue weighted by atomic mass is 16.3. The van der Waals surface area contributed by atoms with Gasteiger partial charge >= 0.3 is 0 Å². The average Bonchev–Trinajstić information content (AvgIpc) is 2.76. The van der Waals surface area contributed by atoms with Crippen LogP contribution in [-0.2, 0) is 4.79 Å². The van der Waals surface area contributed by atoms with Crippen LogP contribution in [-0.4, -0.2) is 64.0 Å². The maximum Gasteiger partial charge on any atom is 0.270 e. The highest BCUT2D eigenvalue weighted by molar-refractivity contribution is 5.94. The molecule has 0 aliphatic carbocycles. The number of aromatic amines is 1. The molecule has 1 aliphatic heterocycles. The maximum absolute atomic E-state index is 12.4. The van der Waals surface area contributed by atoms with Gasteiger partial charge in [-0.3, -0.25) is 9.59 Å². The van der Waals surface area contributed by atoms with Crippen LogP contribution in [0.1, 0.15) is 28.7 Å². The summed E-state index contributed by atoms with van der Waals surface area (Å²) in [5.74, 6) is -0.302. The van der Waals surface area contributed by atoms with Crippen LogP contribution in [0.15, 0.2) is 6.07 Å². The lowest BCUT2D eigenvalue weighted by molar-refractivity contribution is -0.140. The first-order chi connectivity index (χ1) is 9.40. The van der Waals surface area contributed by atoms with Crippen molar-refractivity contribution in [3.8, 4) is 0 Å². The van der Waals surface area contributed by atoms with Gasteiger partial charge in [-0.25, -0.2) is 0 Å². The number of amides is 2. The molecular formula is C14H21N3O3. The molecule has 110 valence electrons. The van der Waals surface area contributed by atoms with Gasteiger partial charge in [0.2, 0.25) is 0 Å². The van der Waals surface area contributed by atoms with Gasteiger partial charge in [-0.15, -0.1) is 0 Å². The molecule has 1 aromatic heterocycles. The summed E-state index contributed by atoms with van der Waals surface area (Å²) in [5.41, 5.74) is 2.53. The lowest BCUT2D eigenvalue weighted by Crippen LogP contribution is -2.52. The van der Waals surface area contributed by atoms with Gasteiger partial charge < -0.3 is 19.9 Å². The minimum absolute atomic E-state index is 0.0280. The Morgan fingerprint density at radius 3 is 2.20 bits per heavy atom. The number of hydrogen-bond donors (Lipinski definition) is 2. The van der Waals surface area contributed by atoms with Crippen LogP contribution in [0.4, 0.5) is 0 Å². The minimum Gasteiger partial charge on any atom is -0.384 e. The maximum atomic E-state index is 12.4. The monoisotopic (exact) mass is 279 g/mol. The largest absolute Gasteiger partial charge is 0.384 e. The average molecular weight is 279 g/mol. The van der Waals surface area contributed by atoms with Crippen molar-refractivity contribution < 1.29 is 14.7 Å². The molecule has 1 fully saturated rings. The number of nitrogens with one attached hydrogen (secondary N) is 1. The number of nitrogens with zero attached hydrogens (tertiary/aromatic N) is 2. The second kappa shape index (κ2) is 5.66. The number of hydrogen-bond acceptors (Lipinski definition) is 3. The first-order valence-electron chi connectivity index (χ1n) is 6.82. The van der Waals surface area contributed by atoms with Crippen molar-refractivity contribution in [2.75, 3.05) is 26.2 Å². The molecule has 1 aliphatic rings. The number of aliphatic hydroxyl groups is 1. The summed E-state index contributed by atoms with van der Waals surface area (Å²) in [6.45, 7) is 7.21. The molecule has 0 bridgehead atoms. The fraction of sp³-hybridized carbons (Fsp3) is 0.571. The third-order valence-electron chi connectivity index (χ3n) is 3.60. The molecular weight excluding hydrogens is 258 g/mol. The highest BCUT2D eigenvalue weighted by Gasteiger charge is 2.27. The van der Waals surface area contributed by atoms with Crippen LogP contribution in [0, 0.1) is 13.8 Å². The Labute approximate surface area is 118 Å². The lowest BCUT2D eigenvalue weighted by atomic mass is 10.2. The summed E-state index contributed by atoms with van der Waals surface area (Å²) in [6, 6.07) is 1.94. The van der Waals surface area contributed by atoms with Gasteiger partial charge in [-0.2, -0.15) is 0 Å². The highest BCUT2D eigenvalue weighted by Crippen LogP contribution is 2.14. The van der Waals surface area contributed by atoms with Gasteiger partial charge in [0.05, 0.1) is 0 Å². The Kier molecular flexibility index (Phi) is 4.13. The molecule has 0 aromatic carbocycles. The zero-order valence-corrected chi connectivity index (χ0v) is 12.1. The van der Waals surface area contributed by atoms with Crippen molar-refractivity contribution in [2.45, 2.75) is 26.9 Å². The molecule has 2 N–H and O–H groups in total. The van der Waals surface area contributed by atoms with Crippen molar-refractivity contribution in [2.24, 2.45) is 0 Å². The zero-order chi connectivity index (χ0) is 14.9. The van der Waals surface area contributed by atoms with E-state index in [1.54, 1.807) is 9.80 Å². The molecule has 1 unspecified atom stereocenters. The van der Waals surface area contributed by atoms with E-state index in [0.29, 0.717) is 31.9 Å². The van der Waals surface area contributed by atoms with Crippen molar-refractivity contribution in [1.29, 1.82) is 0 Å². The summed E-state index contributed by atoms with van der Waals surface area (Å²) in [4.78, 5) is 30.5. The van der Waals surface area contributed by atoms with Crippen LogP contribution >= 0.6 is 0 Å². The Bertz CT molecular complexity index is 514. The van der Waals surface area contributed by atoms with Gasteiger partial charge in [0, 0.05) is 31.9 Å². The van der Waals surface area contributed by atoms with Crippen LogP contribution < -0.4 is 0 Å². The van der Waals surface area contributed by atoms with Gasteiger partial charge in [0.15, 0.2) is 0 Å². The predicted octanol–water partition coefficient (Wildman–Crippen LogP) is 0.297. The van der Waals surface area contributed by atoms with Crippen molar-refractivity contribution in [3.05, 3.63) is 23.0 Å². The quantitative estimate of drug-likeness (QED) is 0.817. The Morgan fingerprint density at radius 2 is 1.75 bits per heavy atom. The number of rotatable bonds is 2. The summed E-state index contributed by atoms with van der Waals surface area (Å²) < 4.78 is 0. The van der Waals surface area contributed by atoms with Crippen LogP contribution in [0.25, 0.3) is 0 Å². The Balaban J connectivity index is 1.99. The number of H-pyrrole nitrogens is 1. The first-order valence-corrected chi connectivity index (χ1v) is 6.82. The van der Waals surface area contributed by atoms with E-state index >= 15 is 0 Å². The number of piperazine rings is 1. The van der Waals surface area contributed by atoms with Crippen LogP contribution in [0.3, 0.4) is 0 Å². The van der Waals surface area contributed by atoms with Gasteiger partial charge in [0.25, 0.3) is 11.8 Å². The van der Waals surface area contributed by atoms with E-state index in [1.165, 1.54) is 6.92 Å². The smallest absolute Gasteiger partial charge is 0.270 e. The second-order valence-corrected chi connectivity index (χ2v) is 5.30. The number of aromatic nitrogens is 1. The van der Waals surface area contributed by atoms with Crippen molar-refractivity contribution >= 4 is 11.8 Å². The SMILES string of the molecule is Cc1cc(C)c(C(=O)N2CCN(C(=O)C(C)O)CC2)[nH]1. The fourth-order valence-electron chi connectivity index (χ4n) is 2.50. The molecule has 1 aromatic rings. The molecule has 6 heteroatoms. The van der Waals surface area contributed by atoms with E-state index in [4.69, 9.17) is 0 Å². The molecule has 2 heterocycles. The van der Waals surface area contributed by atoms with Gasteiger partial charge in [0.1, 0.15) is 11.8 Å². The second-order valence-electron chi connectivity index (χ2n) is 5.30. The molecule has 20 heavy (non-hydrogen) atoms. The molecule has 2 amide bonds. The zero-order valence-electron chi connectivity index (χ0n) is 12.1. The first kappa shape index (κ1) is 14.6. The fourth-order valence-corrected chi connectivity index (χ4v) is 2.50. The van der Waals surface area contributed by atoms with Crippen LogP contribution in [0.2, 0.25) is 0 Å². The van der Waals surface area contributed by atoms with Crippen molar-refractivity contribution in [1.82, 2.24) is 14.8 Å². The molecule has 0 spiro atoms. The lowest BCUT2D eigenvalue weighted by Gasteiger charge is -2.35. The predicted molar refractivity (Wildman–Crippen MR) is 74.4 cm³/mol. The van der Waals surface area contributed by atoms with E-state index in [2.05, 4.69) is 4.98 Å². The number of carbonyl (C=O) groups excluding carboxylic acids is 2. The third-order valence-corrected chi connectivity index (χ3v) is 3.60.